The highest BCUT2D eigenvalue weighted by Crippen LogP contribution is 2.49. The third-order valence-electron chi connectivity index (χ3n) is 6.01. The van der Waals surface area contributed by atoms with Gasteiger partial charge in [-0.2, -0.15) is 10.5 Å². The molecule has 2 nitrogen and oxygen atoms in total. The van der Waals surface area contributed by atoms with Crippen LogP contribution in [-0.2, 0) is 0 Å². The lowest BCUT2D eigenvalue weighted by molar-refractivity contribution is 1.02. The van der Waals surface area contributed by atoms with Gasteiger partial charge in [0.25, 0.3) is 0 Å². The molecule has 138 valence electrons. The maximum atomic E-state index is 9.39. The molecule has 0 spiro atoms. The molecule has 1 heterocycles. The summed E-state index contributed by atoms with van der Waals surface area (Å²) >= 11 is 1.82. The number of hydrogen-bond acceptors (Lipinski definition) is 3. The Morgan fingerprint density at radius 2 is 1.27 bits per heavy atom. The fourth-order valence-corrected chi connectivity index (χ4v) is 5.76. The number of rotatable bonds is 1. The van der Waals surface area contributed by atoms with E-state index in [0.29, 0.717) is 11.1 Å². The van der Waals surface area contributed by atoms with Gasteiger partial charge in [0.1, 0.15) is 0 Å². The van der Waals surface area contributed by atoms with Crippen LogP contribution in [0, 0.1) is 22.7 Å². The lowest BCUT2D eigenvalue weighted by Gasteiger charge is -2.15. The van der Waals surface area contributed by atoms with Gasteiger partial charge in [-0.3, -0.25) is 0 Å². The molecule has 0 N–H and O–H groups in total. The van der Waals surface area contributed by atoms with Crippen molar-refractivity contribution in [2.24, 2.45) is 0 Å². The molecule has 6 rings (SSSR count). The molecule has 0 radical (unpaired) electrons. The second kappa shape index (κ2) is 6.29. The summed E-state index contributed by atoms with van der Waals surface area (Å²) in [6.07, 6.45) is 0. The number of nitriles is 2. The molecule has 30 heavy (non-hydrogen) atoms. The molecular formula is C27H14N2S. The van der Waals surface area contributed by atoms with Gasteiger partial charge in [0.2, 0.25) is 0 Å². The van der Waals surface area contributed by atoms with Gasteiger partial charge in [0.05, 0.1) is 23.3 Å². The minimum Gasteiger partial charge on any atom is -0.192 e. The monoisotopic (exact) mass is 398 g/mol. The molecule has 0 atom stereocenters. The summed E-state index contributed by atoms with van der Waals surface area (Å²) < 4.78 is 2.59. The number of nitrogens with zero attached hydrogens (tertiary/aromatic N) is 2. The average Bonchev–Trinajstić information content (AvgIpc) is 3.33. The SMILES string of the molecule is N#Cc1ccc2c(c1)-c1cc(C#N)ccc1C2c1ccc2sc3ccccc3c2c1. The summed E-state index contributed by atoms with van der Waals surface area (Å²) in [5.74, 6) is 0.0959. The largest absolute Gasteiger partial charge is 0.192 e. The second-order valence-electron chi connectivity index (χ2n) is 7.61. The fourth-order valence-electron chi connectivity index (χ4n) is 4.67. The fraction of sp³-hybridized carbons (Fsp3) is 0.0370. The lowest BCUT2D eigenvalue weighted by Crippen LogP contribution is -1.99. The first-order valence-electron chi connectivity index (χ1n) is 9.76. The van der Waals surface area contributed by atoms with E-state index < -0.39 is 0 Å². The van der Waals surface area contributed by atoms with Crippen molar-refractivity contribution in [3.8, 4) is 23.3 Å². The van der Waals surface area contributed by atoms with Crippen molar-refractivity contribution in [2.75, 3.05) is 0 Å². The van der Waals surface area contributed by atoms with E-state index in [9.17, 15) is 10.5 Å². The third kappa shape index (κ3) is 2.34. The van der Waals surface area contributed by atoms with Gasteiger partial charge in [-0.25, -0.2) is 0 Å². The zero-order valence-electron chi connectivity index (χ0n) is 15.9. The minimum absolute atomic E-state index is 0.0959. The Kier molecular flexibility index (Phi) is 3.56. The molecule has 0 fully saturated rings. The van der Waals surface area contributed by atoms with Gasteiger partial charge in [-0.1, -0.05) is 36.4 Å². The highest BCUT2D eigenvalue weighted by atomic mass is 32.1. The van der Waals surface area contributed by atoms with Crippen LogP contribution in [0.4, 0.5) is 0 Å². The Balaban J connectivity index is 1.63. The van der Waals surface area contributed by atoms with E-state index in [1.165, 1.54) is 36.9 Å². The molecule has 0 saturated carbocycles. The number of benzene rings is 4. The predicted octanol–water partition coefficient (Wildman–Crippen LogP) is 6.96. The summed E-state index contributed by atoms with van der Waals surface area (Å²) in [5.41, 5.74) is 7.02. The van der Waals surface area contributed by atoms with Crippen molar-refractivity contribution < 1.29 is 0 Å². The van der Waals surface area contributed by atoms with Crippen molar-refractivity contribution in [3.63, 3.8) is 0 Å². The standard InChI is InChI=1S/C27H14N2S/c28-14-16-5-8-20-22(11-16)23-12-17(15-29)6-9-21(23)27(20)18-7-10-26-24(13-18)19-3-1-2-4-25(19)30-26/h1-13,27H. The summed E-state index contributed by atoms with van der Waals surface area (Å²) in [7, 11) is 0. The van der Waals surface area contributed by atoms with Gasteiger partial charge < -0.3 is 0 Å². The summed E-state index contributed by atoms with van der Waals surface area (Å²) in [5, 5.41) is 21.4. The highest BCUT2D eigenvalue weighted by molar-refractivity contribution is 7.25. The molecule has 0 amide bonds. The third-order valence-corrected chi connectivity index (χ3v) is 7.16. The van der Waals surface area contributed by atoms with Crippen LogP contribution >= 0.6 is 11.3 Å². The van der Waals surface area contributed by atoms with Crippen molar-refractivity contribution in [1.29, 1.82) is 10.5 Å². The molecule has 1 aromatic heterocycles. The normalized spacial score (nSPS) is 12.5. The van der Waals surface area contributed by atoms with E-state index >= 15 is 0 Å². The molecule has 4 aromatic carbocycles. The Labute approximate surface area is 177 Å². The quantitative estimate of drug-likeness (QED) is 0.301. The zero-order chi connectivity index (χ0) is 20.2. The molecule has 0 unspecified atom stereocenters. The van der Waals surface area contributed by atoms with Gasteiger partial charge in [-0.05, 0) is 70.3 Å². The van der Waals surface area contributed by atoms with Crippen molar-refractivity contribution in [2.45, 2.75) is 5.92 Å². The summed E-state index contributed by atoms with van der Waals surface area (Å²) in [4.78, 5) is 0. The van der Waals surface area contributed by atoms with Gasteiger partial charge in [0, 0.05) is 26.1 Å². The topological polar surface area (TPSA) is 47.6 Å². The van der Waals surface area contributed by atoms with E-state index in [0.717, 1.165) is 11.1 Å². The first-order valence-corrected chi connectivity index (χ1v) is 10.6. The predicted molar refractivity (Wildman–Crippen MR) is 122 cm³/mol. The van der Waals surface area contributed by atoms with Crippen molar-refractivity contribution >= 4 is 31.5 Å². The minimum atomic E-state index is 0.0959. The van der Waals surface area contributed by atoms with E-state index in [4.69, 9.17) is 0 Å². The average molecular weight is 398 g/mol. The summed E-state index contributed by atoms with van der Waals surface area (Å²) in [6, 6.07) is 31.6. The summed E-state index contributed by atoms with van der Waals surface area (Å²) in [6.45, 7) is 0. The van der Waals surface area contributed by atoms with E-state index in [1.807, 2.05) is 35.6 Å². The Hall–Kier alpha value is -3.92. The van der Waals surface area contributed by atoms with Crippen LogP contribution < -0.4 is 0 Å². The number of fused-ring (bicyclic) bond motifs is 6. The molecule has 5 aromatic rings. The zero-order valence-corrected chi connectivity index (χ0v) is 16.7. The Bertz CT molecular complexity index is 1510. The number of hydrogen-bond donors (Lipinski definition) is 0. The van der Waals surface area contributed by atoms with Gasteiger partial charge in [0.15, 0.2) is 0 Å². The van der Waals surface area contributed by atoms with Crippen LogP contribution in [0.5, 0.6) is 0 Å². The van der Waals surface area contributed by atoms with Crippen LogP contribution in [0.1, 0.15) is 33.7 Å². The molecule has 3 heteroatoms. The van der Waals surface area contributed by atoms with Gasteiger partial charge >= 0.3 is 0 Å². The molecular weight excluding hydrogens is 384 g/mol. The van der Waals surface area contributed by atoms with Crippen LogP contribution in [0.25, 0.3) is 31.3 Å². The molecule has 1 aliphatic carbocycles. The molecule has 0 saturated heterocycles. The maximum absolute atomic E-state index is 9.39. The van der Waals surface area contributed by atoms with Crippen LogP contribution in [-0.4, -0.2) is 0 Å². The molecule has 0 bridgehead atoms. The first kappa shape index (κ1) is 17.0. The van der Waals surface area contributed by atoms with E-state index in [1.54, 1.807) is 0 Å². The van der Waals surface area contributed by atoms with Crippen LogP contribution in [0.2, 0.25) is 0 Å². The molecule has 1 aliphatic rings. The van der Waals surface area contributed by atoms with Crippen LogP contribution in [0.15, 0.2) is 78.9 Å². The smallest absolute Gasteiger partial charge is 0.0991 e. The Morgan fingerprint density at radius 3 is 1.93 bits per heavy atom. The van der Waals surface area contributed by atoms with E-state index in [-0.39, 0.29) is 5.92 Å². The maximum Gasteiger partial charge on any atom is 0.0991 e. The first-order chi connectivity index (χ1) is 14.8. The number of thiophene rings is 1. The van der Waals surface area contributed by atoms with Crippen molar-refractivity contribution in [3.05, 3.63) is 107 Å². The van der Waals surface area contributed by atoms with Crippen molar-refractivity contribution in [1.82, 2.24) is 0 Å². The van der Waals surface area contributed by atoms with E-state index in [2.05, 4.69) is 66.7 Å². The highest BCUT2D eigenvalue weighted by Gasteiger charge is 2.30. The van der Waals surface area contributed by atoms with Gasteiger partial charge in [-0.15, -0.1) is 11.3 Å². The molecule has 0 aliphatic heterocycles. The second-order valence-corrected chi connectivity index (χ2v) is 8.70. The Morgan fingerprint density at radius 1 is 0.633 bits per heavy atom. The van der Waals surface area contributed by atoms with Crippen LogP contribution in [0.3, 0.4) is 0 Å². The lowest BCUT2D eigenvalue weighted by atomic mass is 9.88.